The lowest BCUT2D eigenvalue weighted by Crippen LogP contribution is -2.31. The fourth-order valence-electron chi connectivity index (χ4n) is 1.40. The number of halogens is 3. The SMILES string of the molecule is CNC(c1cn(C)nc1C)C(F)(F)F. The number of alkyl halides is 3. The molecule has 0 radical (unpaired) electrons. The highest BCUT2D eigenvalue weighted by Crippen LogP contribution is 2.33. The topological polar surface area (TPSA) is 29.9 Å². The fourth-order valence-corrected chi connectivity index (χ4v) is 1.40. The van der Waals surface area contributed by atoms with E-state index in [4.69, 9.17) is 0 Å². The van der Waals surface area contributed by atoms with Crippen LogP contribution in [0.3, 0.4) is 0 Å². The lowest BCUT2D eigenvalue weighted by molar-refractivity contribution is -0.156. The van der Waals surface area contributed by atoms with Crippen molar-refractivity contribution in [2.24, 2.45) is 7.05 Å². The second kappa shape index (κ2) is 3.61. The molecule has 1 aromatic rings. The zero-order valence-electron chi connectivity index (χ0n) is 8.18. The summed E-state index contributed by atoms with van der Waals surface area (Å²) in [6.07, 6.45) is -2.91. The Balaban J connectivity index is 3.07. The molecule has 14 heavy (non-hydrogen) atoms. The molecule has 0 fully saturated rings. The summed E-state index contributed by atoms with van der Waals surface area (Å²) >= 11 is 0. The third-order valence-corrected chi connectivity index (χ3v) is 1.98. The third kappa shape index (κ3) is 2.06. The van der Waals surface area contributed by atoms with Crippen LogP contribution in [0.25, 0.3) is 0 Å². The molecule has 0 saturated carbocycles. The summed E-state index contributed by atoms with van der Waals surface area (Å²) in [4.78, 5) is 0. The largest absolute Gasteiger partial charge is 0.408 e. The predicted molar refractivity (Wildman–Crippen MR) is 45.8 cm³/mol. The van der Waals surface area contributed by atoms with E-state index in [1.54, 1.807) is 14.0 Å². The minimum absolute atomic E-state index is 0.169. The Hall–Kier alpha value is -1.04. The summed E-state index contributed by atoms with van der Waals surface area (Å²) in [6.45, 7) is 1.56. The Bertz CT molecular complexity index is 316. The van der Waals surface area contributed by atoms with Gasteiger partial charge in [-0.15, -0.1) is 0 Å². The van der Waals surface area contributed by atoms with Gasteiger partial charge in [-0.2, -0.15) is 18.3 Å². The standard InChI is InChI=1S/C8H12F3N3/c1-5-6(4-14(3)13-5)7(12-2)8(9,10)11/h4,7,12H,1-3H3. The Morgan fingerprint density at radius 3 is 2.36 bits per heavy atom. The maximum atomic E-state index is 12.5. The first-order valence-corrected chi connectivity index (χ1v) is 4.10. The molecule has 0 aliphatic rings. The molecular weight excluding hydrogens is 195 g/mol. The van der Waals surface area contributed by atoms with Crippen LogP contribution in [0, 0.1) is 6.92 Å². The molecule has 0 aromatic carbocycles. The smallest absolute Gasteiger partial charge is 0.305 e. The lowest BCUT2D eigenvalue weighted by Gasteiger charge is -2.18. The molecule has 0 spiro atoms. The molecule has 0 amide bonds. The van der Waals surface area contributed by atoms with E-state index >= 15 is 0 Å². The summed E-state index contributed by atoms with van der Waals surface area (Å²) in [6, 6.07) is -1.64. The van der Waals surface area contributed by atoms with Crippen molar-refractivity contribution in [3.8, 4) is 0 Å². The molecule has 3 nitrogen and oxygen atoms in total. The maximum absolute atomic E-state index is 12.5. The number of aromatic nitrogens is 2. The van der Waals surface area contributed by atoms with Crippen molar-refractivity contribution in [1.82, 2.24) is 15.1 Å². The van der Waals surface area contributed by atoms with E-state index in [1.807, 2.05) is 0 Å². The van der Waals surface area contributed by atoms with Gasteiger partial charge in [0, 0.05) is 18.8 Å². The Morgan fingerprint density at radius 2 is 2.07 bits per heavy atom. The van der Waals surface area contributed by atoms with E-state index in [0.717, 1.165) is 0 Å². The third-order valence-electron chi connectivity index (χ3n) is 1.98. The molecule has 1 rings (SSSR count). The molecule has 80 valence electrons. The van der Waals surface area contributed by atoms with E-state index in [2.05, 4.69) is 10.4 Å². The second-order valence-electron chi connectivity index (χ2n) is 3.11. The average Bonchev–Trinajstić information content (AvgIpc) is 2.29. The highest BCUT2D eigenvalue weighted by atomic mass is 19.4. The van der Waals surface area contributed by atoms with Crippen molar-refractivity contribution in [2.45, 2.75) is 19.1 Å². The van der Waals surface area contributed by atoms with Crippen LogP contribution in [-0.2, 0) is 7.05 Å². The lowest BCUT2D eigenvalue weighted by atomic mass is 10.1. The van der Waals surface area contributed by atoms with Gasteiger partial charge in [0.25, 0.3) is 0 Å². The van der Waals surface area contributed by atoms with Gasteiger partial charge < -0.3 is 5.32 Å². The van der Waals surface area contributed by atoms with Gasteiger partial charge in [-0.05, 0) is 14.0 Å². The van der Waals surface area contributed by atoms with Crippen molar-refractivity contribution in [1.29, 1.82) is 0 Å². The Labute approximate surface area is 79.9 Å². The van der Waals surface area contributed by atoms with Crippen LogP contribution in [0.5, 0.6) is 0 Å². The summed E-state index contributed by atoms with van der Waals surface area (Å²) in [5.41, 5.74) is 0.562. The van der Waals surface area contributed by atoms with Gasteiger partial charge in [-0.25, -0.2) is 0 Å². The first kappa shape index (κ1) is 11.0. The van der Waals surface area contributed by atoms with Gasteiger partial charge in [0.1, 0.15) is 6.04 Å². The van der Waals surface area contributed by atoms with E-state index in [1.165, 1.54) is 17.9 Å². The van der Waals surface area contributed by atoms with Crippen molar-refractivity contribution < 1.29 is 13.2 Å². The molecule has 1 N–H and O–H groups in total. The summed E-state index contributed by atoms with van der Waals surface area (Å²) in [5.74, 6) is 0. The van der Waals surface area contributed by atoms with Gasteiger partial charge in [0.05, 0.1) is 5.69 Å². The predicted octanol–water partition coefficient (Wildman–Crippen LogP) is 1.55. The highest BCUT2D eigenvalue weighted by Gasteiger charge is 2.41. The molecule has 1 heterocycles. The van der Waals surface area contributed by atoms with Crippen LogP contribution in [0.4, 0.5) is 13.2 Å². The van der Waals surface area contributed by atoms with E-state index in [-0.39, 0.29) is 5.56 Å². The van der Waals surface area contributed by atoms with Crippen molar-refractivity contribution >= 4 is 0 Å². The quantitative estimate of drug-likeness (QED) is 0.797. The molecule has 1 aromatic heterocycles. The minimum Gasteiger partial charge on any atom is -0.305 e. The van der Waals surface area contributed by atoms with Crippen LogP contribution >= 0.6 is 0 Å². The van der Waals surface area contributed by atoms with Crippen molar-refractivity contribution in [3.05, 3.63) is 17.5 Å². The van der Waals surface area contributed by atoms with Crippen molar-refractivity contribution in [3.63, 3.8) is 0 Å². The van der Waals surface area contributed by atoms with Crippen LogP contribution in [0.15, 0.2) is 6.20 Å². The Kier molecular flexibility index (Phi) is 2.84. The van der Waals surface area contributed by atoms with Gasteiger partial charge in [-0.3, -0.25) is 4.68 Å². The number of nitrogens with zero attached hydrogens (tertiary/aromatic N) is 2. The number of rotatable bonds is 2. The molecular formula is C8H12F3N3. The first-order chi connectivity index (χ1) is 6.36. The number of nitrogens with one attached hydrogen (secondary N) is 1. The summed E-state index contributed by atoms with van der Waals surface area (Å²) in [7, 11) is 2.88. The van der Waals surface area contributed by atoms with E-state index in [9.17, 15) is 13.2 Å². The van der Waals surface area contributed by atoms with E-state index in [0.29, 0.717) is 5.69 Å². The fraction of sp³-hybridized carbons (Fsp3) is 0.625. The highest BCUT2D eigenvalue weighted by molar-refractivity contribution is 5.21. The normalized spacial score (nSPS) is 14.4. The molecule has 0 saturated heterocycles. The number of hydrogen-bond acceptors (Lipinski definition) is 2. The van der Waals surface area contributed by atoms with Gasteiger partial charge in [-0.1, -0.05) is 0 Å². The monoisotopic (exact) mass is 207 g/mol. The number of hydrogen-bond donors (Lipinski definition) is 1. The molecule has 1 unspecified atom stereocenters. The van der Waals surface area contributed by atoms with Gasteiger partial charge in [0.15, 0.2) is 0 Å². The zero-order chi connectivity index (χ0) is 10.9. The van der Waals surface area contributed by atoms with Crippen LogP contribution in [-0.4, -0.2) is 23.0 Å². The van der Waals surface area contributed by atoms with E-state index < -0.39 is 12.2 Å². The zero-order valence-corrected chi connectivity index (χ0v) is 8.18. The van der Waals surface area contributed by atoms with Crippen molar-refractivity contribution in [2.75, 3.05) is 7.05 Å². The first-order valence-electron chi connectivity index (χ1n) is 4.10. The molecule has 0 bridgehead atoms. The minimum atomic E-state index is -4.29. The van der Waals surface area contributed by atoms with Gasteiger partial charge >= 0.3 is 6.18 Å². The van der Waals surface area contributed by atoms with Crippen LogP contribution < -0.4 is 5.32 Å². The molecule has 0 aliphatic carbocycles. The molecule has 0 aliphatic heterocycles. The summed E-state index contributed by atoms with van der Waals surface area (Å²) < 4.78 is 38.9. The average molecular weight is 207 g/mol. The Morgan fingerprint density at radius 1 is 1.50 bits per heavy atom. The molecule has 1 atom stereocenters. The van der Waals surface area contributed by atoms with Gasteiger partial charge in [0.2, 0.25) is 0 Å². The molecule has 6 heteroatoms. The van der Waals surface area contributed by atoms with Crippen LogP contribution in [0.1, 0.15) is 17.3 Å². The maximum Gasteiger partial charge on any atom is 0.408 e. The second-order valence-corrected chi connectivity index (χ2v) is 3.11. The van der Waals surface area contributed by atoms with Crippen LogP contribution in [0.2, 0.25) is 0 Å². The number of aryl methyl sites for hydroxylation is 2. The summed E-state index contributed by atoms with van der Waals surface area (Å²) in [5, 5.41) is 6.10.